The summed E-state index contributed by atoms with van der Waals surface area (Å²) in [4.78, 5) is 0. The first-order valence-corrected chi connectivity index (χ1v) is 4.47. The van der Waals surface area contributed by atoms with E-state index in [1.54, 1.807) is 0 Å². The van der Waals surface area contributed by atoms with E-state index in [1.165, 1.54) is 0 Å². The number of halogens is 2. The first-order valence-electron chi connectivity index (χ1n) is 3.29. The summed E-state index contributed by atoms with van der Waals surface area (Å²) in [5.41, 5.74) is 7.66. The van der Waals surface area contributed by atoms with Crippen LogP contribution in [0.4, 0.5) is 0 Å². The van der Waals surface area contributed by atoms with Crippen molar-refractivity contribution in [1.29, 1.82) is 0 Å². The molecule has 0 aliphatic rings. The summed E-state index contributed by atoms with van der Waals surface area (Å²) in [6.45, 7) is 2.50. The van der Waals surface area contributed by atoms with Gasteiger partial charge in [0.2, 0.25) is 0 Å². The van der Waals surface area contributed by atoms with Gasteiger partial charge in [0.15, 0.2) is 0 Å². The number of rotatable bonds is 1. The molecule has 1 rings (SSSR count). The van der Waals surface area contributed by atoms with Gasteiger partial charge in [-0.25, -0.2) is 0 Å². The number of hydrogen-bond acceptors (Lipinski definition) is 1. The number of aryl methyl sites for hydroxylation is 1. The van der Waals surface area contributed by atoms with Crippen molar-refractivity contribution in [3.63, 3.8) is 0 Å². The van der Waals surface area contributed by atoms with Crippen LogP contribution in [0.3, 0.4) is 0 Å². The third kappa shape index (κ3) is 1.95. The summed E-state index contributed by atoms with van der Waals surface area (Å²) in [7, 11) is 0. The predicted octanol–water partition coefficient (Wildman–Crippen LogP) is 2.87. The van der Waals surface area contributed by atoms with Crippen molar-refractivity contribution < 1.29 is 0 Å². The van der Waals surface area contributed by atoms with Crippen LogP contribution in [0.25, 0.3) is 0 Å². The molecule has 0 radical (unpaired) electrons. The van der Waals surface area contributed by atoms with Gasteiger partial charge in [-0.15, -0.1) is 0 Å². The summed E-state index contributed by atoms with van der Waals surface area (Å²) < 4.78 is 0.997. The van der Waals surface area contributed by atoms with Crippen molar-refractivity contribution in [3.05, 3.63) is 32.8 Å². The van der Waals surface area contributed by atoms with Gasteiger partial charge in [-0.2, -0.15) is 0 Å². The lowest BCUT2D eigenvalue weighted by Crippen LogP contribution is -1.99. The average Bonchev–Trinajstić information content (AvgIpc) is 1.85. The monoisotopic (exact) mass is 233 g/mol. The second-order valence-corrected chi connectivity index (χ2v) is 3.71. The minimum Gasteiger partial charge on any atom is -0.326 e. The van der Waals surface area contributed by atoms with Crippen LogP contribution >= 0.6 is 27.5 Å². The smallest absolute Gasteiger partial charge is 0.0464 e. The van der Waals surface area contributed by atoms with Crippen molar-refractivity contribution >= 4 is 27.5 Å². The second-order valence-electron chi connectivity index (χ2n) is 2.39. The molecule has 0 aliphatic heterocycles. The van der Waals surface area contributed by atoms with Gasteiger partial charge in [0.25, 0.3) is 0 Å². The van der Waals surface area contributed by atoms with Gasteiger partial charge in [0, 0.05) is 16.0 Å². The Morgan fingerprint density at radius 3 is 2.64 bits per heavy atom. The first-order chi connectivity index (χ1) is 5.15. The van der Waals surface area contributed by atoms with E-state index in [2.05, 4.69) is 15.9 Å². The molecule has 0 saturated heterocycles. The quantitative estimate of drug-likeness (QED) is 0.794. The van der Waals surface area contributed by atoms with Gasteiger partial charge in [0.1, 0.15) is 0 Å². The Balaban J connectivity index is 3.25. The zero-order valence-corrected chi connectivity index (χ0v) is 8.54. The SMILES string of the molecule is Cc1cc(Br)cc(Cl)c1CN. The summed E-state index contributed by atoms with van der Waals surface area (Å²) in [5, 5.41) is 0.736. The highest BCUT2D eigenvalue weighted by Gasteiger charge is 2.02. The number of nitrogens with two attached hydrogens (primary N) is 1. The zero-order chi connectivity index (χ0) is 8.43. The number of hydrogen-bond donors (Lipinski definition) is 1. The van der Waals surface area contributed by atoms with E-state index in [-0.39, 0.29) is 0 Å². The van der Waals surface area contributed by atoms with Crippen LogP contribution in [0.5, 0.6) is 0 Å². The molecule has 1 aromatic rings. The van der Waals surface area contributed by atoms with Crippen LogP contribution in [-0.4, -0.2) is 0 Å². The van der Waals surface area contributed by atoms with Crippen LogP contribution in [0, 0.1) is 6.92 Å². The van der Waals surface area contributed by atoms with Gasteiger partial charge < -0.3 is 5.73 Å². The summed E-state index contributed by atoms with van der Waals surface area (Å²) in [5.74, 6) is 0. The van der Waals surface area contributed by atoms with E-state index in [0.29, 0.717) is 6.54 Å². The summed E-state index contributed by atoms with van der Waals surface area (Å²) >= 11 is 9.28. The van der Waals surface area contributed by atoms with Crippen LogP contribution in [0.1, 0.15) is 11.1 Å². The molecule has 60 valence electrons. The third-order valence-electron chi connectivity index (χ3n) is 1.59. The fourth-order valence-electron chi connectivity index (χ4n) is 0.991. The van der Waals surface area contributed by atoms with E-state index in [1.807, 2.05) is 19.1 Å². The normalized spacial score (nSPS) is 10.2. The molecule has 0 bridgehead atoms. The maximum absolute atomic E-state index is 5.92. The molecule has 0 spiro atoms. The minimum atomic E-state index is 0.498. The van der Waals surface area contributed by atoms with Crippen LogP contribution in [0.2, 0.25) is 5.02 Å². The molecule has 0 unspecified atom stereocenters. The van der Waals surface area contributed by atoms with Gasteiger partial charge in [-0.05, 0) is 30.2 Å². The molecule has 0 amide bonds. The Hall–Kier alpha value is -0.0500. The van der Waals surface area contributed by atoms with Crippen LogP contribution < -0.4 is 5.73 Å². The molecule has 0 aromatic heterocycles. The Bertz CT molecular complexity index is 250. The Morgan fingerprint density at radius 2 is 2.18 bits per heavy atom. The Labute approximate surface area is 79.7 Å². The summed E-state index contributed by atoms with van der Waals surface area (Å²) in [6.07, 6.45) is 0. The van der Waals surface area contributed by atoms with Crippen molar-refractivity contribution in [2.75, 3.05) is 0 Å². The van der Waals surface area contributed by atoms with E-state index in [4.69, 9.17) is 17.3 Å². The minimum absolute atomic E-state index is 0.498. The standard InChI is InChI=1S/C8H9BrClN/c1-5-2-6(9)3-8(10)7(5)4-11/h2-3H,4,11H2,1H3. The van der Waals surface area contributed by atoms with Gasteiger partial charge in [-0.1, -0.05) is 27.5 Å². The maximum Gasteiger partial charge on any atom is 0.0464 e. The molecule has 0 heterocycles. The lowest BCUT2D eigenvalue weighted by Gasteiger charge is -2.05. The van der Waals surface area contributed by atoms with Crippen molar-refractivity contribution in [1.82, 2.24) is 0 Å². The van der Waals surface area contributed by atoms with Crippen LogP contribution in [0.15, 0.2) is 16.6 Å². The van der Waals surface area contributed by atoms with Crippen molar-refractivity contribution in [3.8, 4) is 0 Å². The zero-order valence-electron chi connectivity index (χ0n) is 6.20. The van der Waals surface area contributed by atoms with Gasteiger partial charge in [0.05, 0.1) is 0 Å². The lowest BCUT2D eigenvalue weighted by molar-refractivity contribution is 1.05. The molecule has 0 atom stereocenters. The van der Waals surface area contributed by atoms with Gasteiger partial charge in [-0.3, -0.25) is 0 Å². The fraction of sp³-hybridized carbons (Fsp3) is 0.250. The van der Waals surface area contributed by atoms with Crippen molar-refractivity contribution in [2.24, 2.45) is 5.73 Å². The average molecular weight is 235 g/mol. The van der Waals surface area contributed by atoms with E-state index < -0.39 is 0 Å². The molecule has 2 N–H and O–H groups in total. The van der Waals surface area contributed by atoms with Crippen LogP contribution in [-0.2, 0) is 6.54 Å². The van der Waals surface area contributed by atoms with E-state index >= 15 is 0 Å². The molecule has 0 saturated carbocycles. The molecule has 1 nitrogen and oxygen atoms in total. The topological polar surface area (TPSA) is 26.0 Å². The maximum atomic E-state index is 5.92. The van der Waals surface area contributed by atoms with Gasteiger partial charge >= 0.3 is 0 Å². The molecular weight excluding hydrogens is 225 g/mol. The molecule has 3 heteroatoms. The summed E-state index contributed by atoms with van der Waals surface area (Å²) in [6, 6.07) is 3.87. The lowest BCUT2D eigenvalue weighted by atomic mass is 10.1. The first kappa shape index (κ1) is 9.04. The molecule has 1 aromatic carbocycles. The van der Waals surface area contributed by atoms with E-state index in [9.17, 15) is 0 Å². The molecule has 0 aliphatic carbocycles. The molecule has 0 fully saturated rings. The highest BCUT2D eigenvalue weighted by molar-refractivity contribution is 9.10. The van der Waals surface area contributed by atoms with E-state index in [0.717, 1.165) is 20.6 Å². The molecule has 11 heavy (non-hydrogen) atoms. The van der Waals surface area contributed by atoms with Crippen molar-refractivity contribution in [2.45, 2.75) is 13.5 Å². The highest BCUT2D eigenvalue weighted by atomic mass is 79.9. The Morgan fingerprint density at radius 1 is 1.55 bits per heavy atom. The predicted molar refractivity (Wildman–Crippen MR) is 51.8 cm³/mol. The molecular formula is C8H9BrClN. The third-order valence-corrected chi connectivity index (χ3v) is 2.38. The number of benzene rings is 1. The second kappa shape index (κ2) is 3.57. The largest absolute Gasteiger partial charge is 0.326 e. The Kier molecular flexibility index (Phi) is 2.93. The highest BCUT2D eigenvalue weighted by Crippen LogP contribution is 2.24. The fourth-order valence-corrected chi connectivity index (χ4v) is 2.04.